The number of esters is 1. The van der Waals surface area contributed by atoms with Crippen molar-refractivity contribution in [1.82, 2.24) is 15.5 Å². The van der Waals surface area contributed by atoms with Gasteiger partial charge in [0.25, 0.3) is 0 Å². The number of nitrogens with one attached hydrogen (secondary N) is 2. The molecule has 0 fully saturated rings. The summed E-state index contributed by atoms with van der Waals surface area (Å²) < 4.78 is 11.0. The van der Waals surface area contributed by atoms with E-state index in [9.17, 15) is 19.2 Å². The van der Waals surface area contributed by atoms with Crippen molar-refractivity contribution in [2.45, 2.75) is 77.3 Å². The number of thiol groups is 1. The number of hydrogen-bond acceptors (Lipinski definition) is 7. The fourth-order valence-electron chi connectivity index (χ4n) is 4.28. The van der Waals surface area contributed by atoms with E-state index < -0.39 is 53.2 Å². The van der Waals surface area contributed by atoms with Crippen LogP contribution in [0.15, 0.2) is 67.3 Å². The van der Waals surface area contributed by atoms with Crippen molar-refractivity contribution in [1.29, 1.82) is 0 Å². The molecule has 9 nitrogen and oxygen atoms in total. The first-order chi connectivity index (χ1) is 20.6. The third kappa shape index (κ3) is 11.1. The van der Waals surface area contributed by atoms with Crippen molar-refractivity contribution < 1.29 is 28.7 Å². The Morgan fingerprint density at radius 3 is 2.07 bits per heavy atom. The topological polar surface area (TPSA) is 114 Å². The predicted molar refractivity (Wildman–Crippen MR) is 174 cm³/mol. The minimum atomic E-state index is -1.31. The molecule has 0 heterocycles. The summed E-state index contributed by atoms with van der Waals surface area (Å²) in [5.41, 5.74) is -0.113. The molecule has 0 aromatic heterocycles. The van der Waals surface area contributed by atoms with Gasteiger partial charge in [0.05, 0.1) is 0 Å². The van der Waals surface area contributed by atoms with E-state index in [4.69, 9.17) is 15.9 Å². The SMILES string of the molecule is C#Cc1ccccc1C(C(=O)NC(Cc1ccccc1)C(=O)OC(C)(C)C)N(CC=C)C(=O)C(CS)NC(=O)OC(C)(C)C. The molecule has 236 valence electrons. The first-order valence-electron chi connectivity index (χ1n) is 14.2. The van der Waals surface area contributed by atoms with Gasteiger partial charge in [-0.3, -0.25) is 9.59 Å². The number of hydrogen-bond donors (Lipinski definition) is 3. The lowest BCUT2D eigenvalue weighted by Gasteiger charge is -2.35. The van der Waals surface area contributed by atoms with Crippen LogP contribution in [-0.2, 0) is 30.3 Å². The van der Waals surface area contributed by atoms with Crippen LogP contribution in [-0.4, -0.2) is 64.4 Å². The molecule has 2 aromatic rings. The molecule has 0 radical (unpaired) electrons. The molecule has 2 N–H and O–H groups in total. The van der Waals surface area contributed by atoms with E-state index in [-0.39, 0.29) is 18.7 Å². The third-order valence-corrected chi connectivity index (χ3v) is 6.41. The zero-order chi connectivity index (χ0) is 33.1. The van der Waals surface area contributed by atoms with Gasteiger partial charge in [0.2, 0.25) is 11.8 Å². The van der Waals surface area contributed by atoms with Crippen LogP contribution in [0.2, 0.25) is 0 Å². The molecule has 2 aromatic carbocycles. The normalized spacial score (nSPS) is 13.3. The fraction of sp³-hybridized carbons (Fsp3) is 0.412. The molecule has 3 atom stereocenters. The quantitative estimate of drug-likeness (QED) is 0.138. The smallest absolute Gasteiger partial charge is 0.408 e. The monoisotopic (exact) mass is 621 g/mol. The lowest BCUT2D eigenvalue weighted by molar-refractivity contribution is -0.159. The molecule has 0 bridgehead atoms. The summed E-state index contributed by atoms with van der Waals surface area (Å²) >= 11 is 4.29. The Bertz CT molecular complexity index is 1360. The number of nitrogens with zero attached hydrogens (tertiary/aromatic N) is 1. The minimum absolute atomic E-state index is 0.0914. The minimum Gasteiger partial charge on any atom is -0.458 e. The summed E-state index contributed by atoms with van der Waals surface area (Å²) in [5, 5.41) is 5.36. The highest BCUT2D eigenvalue weighted by Crippen LogP contribution is 2.26. The van der Waals surface area contributed by atoms with E-state index in [2.05, 4.69) is 35.8 Å². The number of ether oxygens (including phenoxy) is 2. The molecule has 2 rings (SSSR count). The van der Waals surface area contributed by atoms with Crippen LogP contribution in [0.25, 0.3) is 0 Å². The standard InChI is InChI=1S/C34H43N3O6S/c1-9-20-37(30(39)27(22-44)36-32(41)43-34(6,7)8)28(25-19-15-14-18-24(25)10-2)29(38)35-26(31(40)42-33(3,4)5)21-23-16-12-11-13-17-23/h2,9,11-19,26-28,44H,1,20-22H2,3-8H3,(H,35,38)(H,36,41). The molecule has 0 saturated carbocycles. The van der Waals surface area contributed by atoms with E-state index in [0.29, 0.717) is 11.1 Å². The number of alkyl carbamates (subject to hydrolysis) is 1. The molecule has 0 spiro atoms. The maximum atomic E-state index is 14.3. The van der Waals surface area contributed by atoms with Crippen molar-refractivity contribution in [2.24, 2.45) is 0 Å². The first-order valence-corrected chi connectivity index (χ1v) is 14.9. The summed E-state index contributed by atoms with van der Waals surface area (Å²) in [6.07, 6.45) is 6.58. The maximum Gasteiger partial charge on any atom is 0.408 e. The van der Waals surface area contributed by atoms with Gasteiger partial charge in [-0.1, -0.05) is 60.5 Å². The first kappa shape index (κ1) is 36.0. The lowest BCUT2D eigenvalue weighted by Crippen LogP contribution is -2.55. The van der Waals surface area contributed by atoms with Crippen LogP contribution in [0, 0.1) is 12.3 Å². The molecule has 0 aliphatic carbocycles. The highest BCUT2D eigenvalue weighted by Gasteiger charge is 2.38. The maximum absolute atomic E-state index is 14.3. The summed E-state index contributed by atoms with van der Waals surface area (Å²) in [4.78, 5) is 55.5. The Morgan fingerprint density at radius 1 is 0.932 bits per heavy atom. The zero-order valence-corrected chi connectivity index (χ0v) is 27.1. The van der Waals surface area contributed by atoms with Crippen LogP contribution >= 0.6 is 12.6 Å². The number of carbonyl (C=O) groups excluding carboxylic acids is 4. The predicted octanol–water partition coefficient (Wildman–Crippen LogP) is 4.62. The third-order valence-electron chi connectivity index (χ3n) is 6.04. The van der Waals surface area contributed by atoms with E-state index >= 15 is 0 Å². The van der Waals surface area contributed by atoms with Gasteiger partial charge in [-0.25, -0.2) is 9.59 Å². The highest BCUT2D eigenvalue weighted by atomic mass is 32.1. The van der Waals surface area contributed by atoms with Gasteiger partial charge in [0.15, 0.2) is 0 Å². The van der Waals surface area contributed by atoms with Gasteiger partial charge < -0.3 is 25.0 Å². The van der Waals surface area contributed by atoms with Crippen molar-refractivity contribution in [3.8, 4) is 12.3 Å². The van der Waals surface area contributed by atoms with Gasteiger partial charge in [-0.2, -0.15) is 12.6 Å². The van der Waals surface area contributed by atoms with E-state index in [1.165, 1.54) is 11.0 Å². The highest BCUT2D eigenvalue weighted by molar-refractivity contribution is 7.80. The second-order valence-corrected chi connectivity index (χ2v) is 12.4. The van der Waals surface area contributed by atoms with Gasteiger partial charge in [0.1, 0.15) is 29.3 Å². The molecule has 0 saturated heterocycles. The average Bonchev–Trinajstić information content (AvgIpc) is 2.94. The van der Waals surface area contributed by atoms with Gasteiger partial charge in [0, 0.05) is 24.3 Å². The zero-order valence-electron chi connectivity index (χ0n) is 26.3. The number of carbonyl (C=O) groups is 4. The average molecular weight is 622 g/mol. The van der Waals surface area contributed by atoms with Crippen LogP contribution in [0.4, 0.5) is 4.79 Å². The fourth-order valence-corrected chi connectivity index (χ4v) is 4.53. The molecule has 44 heavy (non-hydrogen) atoms. The Balaban J connectivity index is 2.59. The van der Waals surface area contributed by atoms with Crippen molar-refractivity contribution >= 4 is 36.5 Å². The van der Waals surface area contributed by atoms with Crippen molar-refractivity contribution in [3.63, 3.8) is 0 Å². The van der Waals surface area contributed by atoms with Gasteiger partial charge >= 0.3 is 12.1 Å². The van der Waals surface area contributed by atoms with Crippen LogP contribution < -0.4 is 10.6 Å². The Labute approximate surface area is 266 Å². The number of benzene rings is 2. The van der Waals surface area contributed by atoms with Crippen LogP contribution in [0.3, 0.4) is 0 Å². The van der Waals surface area contributed by atoms with E-state index in [1.54, 1.807) is 65.8 Å². The van der Waals surface area contributed by atoms with E-state index in [1.807, 2.05) is 30.3 Å². The van der Waals surface area contributed by atoms with Crippen molar-refractivity contribution in [2.75, 3.05) is 12.3 Å². The molecule has 0 aliphatic heterocycles. The molecule has 3 unspecified atom stereocenters. The largest absolute Gasteiger partial charge is 0.458 e. The summed E-state index contributed by atoms with van der Waals surface area (Å²) in [5.74, 6) is 0.538. The van der Waals surface area contributed by atoms with Gasteiger partial charge in [-0.05, 0) is 58.7 Å². The molecule has 0 aliphatic rings. The number of terminal acetylenes is 1. The second kappa shape index (κ2) is 16.0. The molecular formula is C34H43N3O6S. The lowest BCUT2D eigenvalue weighted by atomic mass is 9.96. The number of rotatable bonds is 12. The number of amides is 3. The Hall–Kier alpha value is -4.23. The molecule has 10 heteroatoms. The van der Waals surface area contributed by atoms with Gasteiger partial charge in [-0.15, -0.1) is 13.0 Å². The second-order valence-electron chi connectivity index (χ2n) is 12.1. The summed E-state index contributed by atoms with van der Waals surface area (Å²) in [7, 11) is 0. The van der Waals surface area contributed by atoms with E-state index in [0.717, 1.165) is 5.56 Å². The summed E-state index contributed by atoms with van der Waals surface area (Å²) in [6, 6.07) is 12.3. The van der Waals surface area contributed by atoms with Crippen LogP contribution in [0.1, 0.15) is 64.3 Å². The van der Waals surface area contributed by atoms with Crippen molar-refractivity contribution in [3.05, 3.63) is 83.9 Å². The molecular weight excluding hydrogens is 578 g/mol. The summed E-state index contributed by atoms with van der Waals surface area (Å²) in [6.45, 7) is 14.0. The Kier molecular flexibility index (Phi) is 13.1. The Morgan fingerprint density at radius 2 is 1.52 bits per heavy atom. The molecule has 3 amide bonds. The van der Waals surface area contributed by atoms with Crippen LogP contribution in [0.5, 0.6) is 0 Å².